The lowest BCUT2D eigenvalue weighted by Crippen LogP contribution is -2.29. The van der Waals surface area contributed by atoms with Crippen LogP contribution in [0.15, 0.2) is 5.16 Å². The lowest BCUT2D eigenvalue weighted by atomic mass is 9.96. The number of hydrogen-bond acceptors (Lipinski definition) is 4. The molecule has 0 spiro atoms. The maximum Gasteiger partial charge on any atom is 0.191 e. The highest BCUT2D eigenvalue weighted by Gasteiger charge is 2.23. The van der Waals surface area contributed by atoms with Crippen LogP contribution in [0.1, 0.15) is 50.8 Å². The van der Waals surface area contributed by atoms with Crippen LogP contribution in [-0.2, 0) is 13.0 Å². The standard InChI is InChI=1S/C13H22N4S/c14-10-5-4-6-11(9-10)18-13-16-15-12-7-2-1-3-8-17(12)13/h10-11H,1-9,14H2. The average Bonchev–Trinajstić information content (AvgIpc) is 2.60. The van der Waals surface area contributed by atoms with Crippen molar-refractivity contribution < 1.29 is 0 Å². The maximum atomic E-state index is 6.06. The molecule has 18 heavy (non-hydrogen) atoms. The maximum absolute atomic E-state index is 6.06. The van der Waals surface area contributed by atoms with Crippen LogP contribution in [0.3, 0.4) is 0 Å². The fourth-order valence-electron chi connectivity index (χ4n) is 2.98. The van der Waals surface area contributed by atoms with Gasteiger partial charge in [-0.3, -0.25) is 0 Å². The number of aromatic nitrogens is 3. The van der Waals surface area contributed by atoms with Gasteiger partial charge in [0.2, 0.25) is 0 Å². The number of hydrogen-bond donors (Lipinski definition) is 1. The van der Waals surface area contributed by atoms with Crippen molar-refractivity contribution in [1.82, 2.24) is 14.8 Å². The van der Waals surface area contributed by atoms with Crippen LogP contribution in [-0.4, -0.2) is 26.1 Å². The fraction of sp³-hybridized carbons (Fsp3) is 0.846. The molecule has 100 valence electrons. The predicted octanol–water partition coefficient (Wildman–Crippen LogP) is 2.37. The van der Waals surface area contributed by atoms with Gasteiger partial charge in [-0.15, -0.1) is 10.2 Å². The van der Waals surface area contributed by atoms with Crippen LogP contribution in [0.2, 0.25) is 0 Å². The molecule has 1 aliphatic carbocycles. The van der Waals surface area contributed by atoms with E-state index < -0.39 is 0 Å². The molecule has 2 heterocycles. The van der Waals surface area contributed by atoms with Crippen LogP contribution in [0, 0.1) is 0 Å². The molecule has 2 atom stereocenters. The molecule has 2 N–H and O–H groups in total. The molecule has 2 aliphatic rings. The molecule has 0 bridgehead atoms. The Morgan fingerprint density at radius 1 is 1.11 bits per heavy atom. The van der Waals surface area contributed by atoms with Gasteiger partial charge in [-0.25, -0.2) is 0 Å². The summed E-state index contributed by atoms with van der Waals surface area (Å²) in [6.45, 7) is 1.10. The molecule has 5 heteroatoms. The summed E-state index contributed by atoms with van der Waals surface area (Å²) in [7, 11) is 0. The number of thioether (sulfide) groups is 1. The van der Waals surface area contributed by atoms with Gasteiger partial charge >= 0.3 is 0 Å². The summed E-state index contributed by atoms with van der Waals surface area (Å²) in [4.78, 5) is 0. The number of nitrogens with two attached hydrogens (primary N) is 1. The van der Waals surface area contributed by atoms with Gasteiger partial charge in [0.15, 0.2) is 5.16 Å². The Bertz CT molecular complexity index is 404. The van der Waals surface area contributed by atoms with Crippen molar-refractivity contribution in [2.24, 2.45) is 5.73 Å². The van der Waals surface area contributed by atoms with E-state index in [1.54, 1.807) is 0 Å². The molecule has 0 radical (unpaired) electrons. The van der Waals surface area contributed by atoms with Gasteiger partial charge in [0.05, 0.1) is 0 Å². The van der Waals surface area contributed by atoms with Crippen molar-refractivity contribution in [2.45, 2.75) is 74.4 Å². The highest BCUT2D eigenvalue weighted by Crippen LogP contribution is 2.33. The van der Waals surface area contributed by atoms with Crippen molar-refractivity contribution in [3.8, 4) is 0 Å². The summed E-state index contributed by atoms with van der Waals surface area (Å²) in [5.74, 6) is 1.19. The summed E-state index contributed by atoms with van der Waals surface area (Å²) in [6.07, 6.45) is 9.81. The molecule has 2 unspecified atom stereocenters. The summed E-state index contributed by atoms with van der Waals surface area (Å²) in [5.41, 5.74) is 6.06. The smallest absolute Gasteiger partial charge is 0.191 e. The van der Waals surface area contributed by atoms with Gasteiger partial charge in [0, 0.05) is 24.3 Å². The average molecular weight is 266 g/mol. The minimum absolute atomic E-state index is 0.391. The predicted molar refractivity (Wildman–Crippen MR) is 73.7 cm³/mol. The molecular formula is C13H22N4S. The Morgan fingerprint density at radius 3 is 2.94 bits per heavy atom. The molecule has 1 aromatic heterocycles. The van der Waals surface area contributed by atoms with E-state index in [-0.39, 0.29) is 0 Å². The third-order valence-corrected chi connectivity index (χ3v) is 5.29. The van der Waals surface area contributed by atoms with Crippen molar-refractivity contribution in [3.05, 3.63) is 5.82 Å². The summed E-state index contributed by atoms with van der Waals surface area (Å²) < 4.78 is 2.35. The number of fused-ring (bicyclic) bond motifs is 1. The molecule has 4 nitrogen and oxygen atoms in total. The second-order valence-electron chi connectivity index (χ2n) is 5.53. The van der Waals surface area contributed by atoms with E-state index in [0.29, 0.717) is 11.3 Å². The SMILES string of the molecule is NC1CCCC(Sc2nnc3n2CCCCC3)C1. The molecule has 3 rings (SSSR count). The van der Waals surface area contributed by atoms with Gasteiger partial charge in [-0.05, 0) is 32.1 Å². The molecule has 0 saturated heterocycles. The first-order valence-corrected chi connectivity index (χ1v) is 8.05. The molecule has 1 aliphatic heterocycles. The second kappa shape index (κ2) is 5.61. The lowest BCUT2D eigenvalue weighted by Gasteiger charge is -2.25. The summed E-state index contributed by atoms with van der Waals surface area (Å²) >= 11 is 1.91. The molecule has 1 fully saturated rings. The van der Waals surface area contributed by atoms with Crippen LogP contribution in [0.5, 0.6) is 0 Å². The molecule has 0 amide bonds. The Morgan fingerprint density at radius 2 is 2.06 bits per heavy atom. The second-order valence-corrected chi connectivity index (χ2v) is 6.80. The van der Waals surface area contributed by atoms with Crippen LogP contribution in [0.25, 0.3) is 0 Å². The molecule has 1 saturated carbocycles. The zero-order chi connectivity index (χ0) is 12.4. The normalized spacial score (nSPS) is 28.7. The van der Waals surface area contributed by atoms with Crippen molar-refractivity contribution >= 4 is 11.8 Å². The number of rotatable bonds is 2. The zero-order valence-corrected chi connectivity index (χ0v) is 11.7. The first-order valence-electron chi connectivity index (χ1n) is 7.17. The minimum atomic E-state index is 0.391. The van der Waals surface area contributed by atoms with Gasteiger partial charge < -0.3 is 10.3 Å². The van der Waals surface area contributed by atoms with Crippen LogP contribution < -0.4 is 5.73 Å². The quantitative estimate of drug-likeness (QED) is 0.893. The van der Waals surface area contributed by atoms with Gasteiger partial charge in [0.1, 0.15) is 5.82 Å². The van der Waals surface area contributed by atoms with E-state index in [1.807, 2.05) is 11.8 Å². The largest absolute Gasteiger partial charge is 0.328 e. The van der Waals surface area contributed by atoms with E-state index in [1.165, 1.54) is 44.3 Å². The minimum Gasteiger partial charge on any atom is -0.328 e. The number of nitrogens with zero attached hydrogens (tertiary/aromatic N) is 3. The van der Waals surface area contributed by atoms with Gasteiger partial charge in [-0.2, -0.15) is 0 Å². The monoisotopic (exact) mass is 266 g/mol. The van der Waals surface area contributed by atoms with E-state index in [0.717, 1.165) is 24.5 Å². The Labute approximate surface area is 113 Å². The topological polar surface area (TPSA) is 56.7 Å². The van der Waals surface area contributed by atoms with E-state index in [9.17, 15) is 0 Å². The van der Waals surface area contributed by atoms with E-state index >= 15 is 0 Å². The van der Waals surface area contributed by atoms with Crippen molar-refractivity contribution in [1.29, 1.82) is 0 Å². The molecule has 1 aromatic rings. The van der Waals surface area contributed by atoms with Crippen molar-refractivity contribution in [2.75, 3.05) is 0 Å². The summed E-state index contributed by atoms with van der Waals surface area (Å²) in [5, 5.41) is 10.5. The number of aryl methyl sites for hydroxylation is 1. The molecule has 0 aromatic carbocycles. The zero-order valence-electron chi connectivity index (χ0n) is 10.8. The third kappa shape index (κ3) is 2.72. The molecular weight excluding hydrogens is 244 g/mol. The highest BCUT2D eigenvalue weighted by molar-refractivity contribution is 7.99. The lowest BCUT2D eigenvalue weighted by molar-refractivity contribution is 0.450. The van der Waals surface area contributed by atoms with Crippen LogP contribution in [0.4, 0.5) is 0 Å². The van der Waals surface area contributed by atoms with Crippen molar-refractivity contribution in [3.63, 3.8) is 0 Å². The first-order chi connectivity index (χ1) is 8.83. The van der Waals surface area contributed by atoms with Gasteiger partial charge in [0.25, 0.3) is 0 Å². The van der Waals surface area contributed by atoms with Gasteiger partial charge in [-0.1, -0.05) is 24.6 Å². The third-order valence-electron chi connectivity index (χ3n) is 4.01. The first kappa shape index (κ1) is 12.5. The van der Waals surface area contributed by atoms with Crippen LogP contribution >= 0.6 is 11.8 Å². The Hall–Kier alpha value is -0.550. The highest BCUT2D eigenvalue weighted by atomic mass is 32.2. The Balaban J connectivity index is 1.70. The van der Waals surface area contributed by atoms with E-state index in [2.05, 4.69) is 14.8 Å². The fourth-order valence-corrected chi connectivity index (χ4v) is 4.32. The summed E-state index contributed by atoms with van der Waals surface area (Å²) in [6, 6.07) is 0.391. The Kier molecular flexibility index (Phi) is 3.89. The van der Waals surface area contributed by atoms with E-state index in [4.69, 9.17) is 5.73 Å².